The van der Waals surface area contributed by atoms with Gasteiger partial charge in [0.25, 0.3) is 5.91 Å². The molecule has 6 nitrogen and oxygen atoms in total. The molecule has 0 aliphatic carbocycles. The summed E-state index contributed by atoms with van der Waals surface area (Å²) >= 11 is 0. The van der Waals surface area contributed by atoms with Crippen molar-refractivity contribution >= 4 is 11.6 Å². The van der Waals surface area contributed by atoms with Gasteiger partial charge in [-0.25, -0.2) is 9.97 Å². The Morgan fingerprint density at radius 1 is 1.22 bits per heavy atom. The first kappa shape index (κ1) is 14.8. The Kier molecular flexibility index (Phi) is 4.33. The molecule has 3 rings (SSSR count). The van der Waals surface area contributed by atoms with Gasteiger partial charge in [0, 0.05) is 24.3 Å². The predicted molar refractivity (Wildman–Crippen MR) is 86.9 cm³/mol. The number of pyridine rings is 1. The minimum absolute atomic E-state index is 0.209. The Bertz CT molecular complexity index is 765. The van der Waals surface area contributed by atoms with Crippen molar-refractivity contribution in [2.45, 2.75) is 6.92 Å². The van der Waals surface area contributed by atoms with Crippen molar-refractivity contribution in [3.05, 3.63) is 66.9 Å². The van der Waals surface area contributed by atoms with E-state index in [1.807, 2.05) is 19.1 Å². The summed E-state index contributed by atoms with van der Waals surface area (Å²) in [7, 11) is 0. The number of carbonyl (C=O) groups is 1. The lowest BCUT2D eigenvalue weighted by molar-refractivity contribution is 0.102. The van der Waals surface area contributed by atoms with Crippen molar-refractivity contribution in [2.24, 2.45) is 0 Å². The molecule has 2 aromatic heterocycles. The number of nitrogens with one attached hydrogen (secondary N) is 1. The zero-order chi connectivity index (χ0) is 16.1. The van der Waals surface area contributed by atoms with Crippen LogP contribution in [-0.2, 0) is 0 Å². The number of benzene rings is 1. The van der Waals surface area contributed by atoms with Crippen LogP contribution in [0.25, 0.3) is 5.82 Å². The summed E-state index contributed by atoms with van der Waals surface area (Å²) in [4.78, 5) is 20.5. The SMILES string of the molecule is CCOc1ccc(NC(=O)c2ccc(-n3ccnc3)nc2)cc1. The van der Waals surface area contributed by atoms with Gasteiger partial charge in [-0.15, -0.1) is 0 Å². The number of aromatic nitrogens is 3. The van der Waals surface area contributed by atoms with E-state index in [0.717, 1.165) is 5.75 Å². The van der Waals surface area contributed by atoms with Gasteiger partial charge in [0.05, 0.1) is 12.2 Å². The lowest BCUT2D eigenvalue weighted by Gasteiger charge is -2.07. The highest BCUT2D eigenvalue weighted by Gasteiger charge is 2.07. The second kappa shape index (κ2) is 6.74. The first-order valence-electron chi connectivity index (χ1n) is 7.25. The molecule has 0 saturated carbocycles. The average Bonchev–Trinajstić information content (AvgIpc) is 3.11. The van der Waals surface area contributed by atoms with E-state index >= 15 is 0 Å². The molecule has 1 amide bonds. The van der Waals surface area contributed by atoms with Gasteiger partial charge in [-0.2, -0.15) is 0 Å². The highest BCUT2D eigenvalue weighted by atomic mass is 16.5. The fraction of sp³-hybridized carbons (Fsp3) is 0.118. The van der Waals surface area contributed by atoms with E-state index in [4.69, 9.17) is 4.74 Å². The van der Waals surface area contributed by atoms with Gasteiger partial charge in [-0.05, 0) is 43.3 Å². The Balaban J connectivity index is 1.68. The molecular weight excluding hydrogens is 292 g/mol. The third-order valence-corrected chi connectivity index (χ3v) is 3.20. The highest BCUT2D eigenvalue weighted by Crippen LogP contribution is 2.16. The van der Waals surface area contributed by atoms with E-state index in [0.29, 0.717) is 23.7 Å². The number of hydrogen-bond donors (Lipinski definition) is 1. The molecule has 0 spiro atoms. The standard InChI is InChI=1S/C17H16N4O2/c1-2-23-15-6-4-14(5-7-15)20-17(22)13-3-8-16(19-11-13)21-10-9-18-12-21/h3-12H,2H2,1H3,(H,20,22). The lowest BCUT2D eigenvalue weighted by Crippen LogP contribution is -2.12. The molecule has 1 aromatic carbocycles. The van der Waals surface area contributed by atoms with Crippen LogP contribution in [0.15, 0.2) is 61.3 Å². The fourth-order valence-electron chi connectivity index (χ4n) is 2.07. The molecule has 3 aromatic rings. The molecule has 0 unspecified atom stereocenters. The number of nitrogens with zero attached hydrogens (tertiary/aromatic N) is 3. The maximum absolute atomic E-state index is 12.2. The van der Waals surface area contributed by atoms with Crippen LogP contribution in [0, 0.1) is 0 Å². The van der Waals surface area contributed by atoms with Crippen molar-refractivity contribution in [1.82, 2.24) is 14.5 Å². The zero-order valence-electron chi connectivity index (χ0n) is 12.6. The molecule has 2 heterocycles. The number of hydrogen-bond acceptors (Lipinski definition) is 4. The molecule has 0 aliphatic heterocycles. The van der Waals surface area contributed by atoms with Crippen LogP contribution in [0.1, 0.15) is 17.3 Å². The molecule has 0 fully saturated rings. The maximum atomic E-state index is 12.2. The first-order valence-corrected chi connectivity index (χ1v) is 7.25. The van der Waals surface area contributed by atoms with E-state index in [-0.39, 0.29) is 5.91 Å². The number of carbonyl (C=O) groups excluding carboxylic acids is 1. The molecule has 116 valence electrons. The van der Waals surface area contributed by atoms with Gasteiger partial charge in [-0.1, -0.05) is 0 Å². The van der Waals surface area contributed by atoms with Crippen molar-refractivity contribution in [3.63, 3.8) is 0 Å². The average molecular weight is 308 g/mol. The highest BCUT2D eigenvalue weighted by molar-refractivity contribution is 6.04. The lowest BCUT2D eigenvalue weighted by atomic mass is 10.2. The number of imidazole rings is 1. The van der Waals surface area contributed by atoms with Gasteiger partial charge >= 0.3 is 0 Å². The molecule has 23 heavy (non-hydrogen) atoms. The van der Waals surface area contributed by atoms with Crippen LogP contribution in [0.5, 0.6) is 5.75 Å². The van der Waals surface area contributed by atoms with E-state index in [2.05, 4.69) is 15.3 Å². The minimum Gasteiger partial charge on any atom is -0.494 e. The van der Waals surface area contributed by atoms with E-state index in [1.54, 1.807) is 53.8 Å². The summed E-state index contributed by atoms with van der Waals surface area (Å²) in [6, 6.07) is 10.7. The molecule has 0 atom stereocenters. The Labute approximate surface area is 133 Å². The van der Waals surface area contributed by atoms with Crippen molar-refractivity contribution in [2.75, 3.05) is 11.9 Å². The van der Waals surface area contributed by atoms with Crippen LogP contribution < -0.4 is 10.1 Å². The third-order valence-electron chi connectivity index (χ3n) is 3.20. The number of ether oxygens (including phenoxy) is 1. The van der Waals surface area contributed by atoms with Gasteiger partial charge in [0.15, 0.2) is 0 Å². The second-order valence-corrected chi connectivity index (χ2v) is 4.79. The van der Waals surface area contributed by atoms with E-state index in [9.17, 15) is 4.79 Å². The smallest absolute Gasteiger partial charge is 0.257 e. The van der Waals surface area contributed by atoms with Crippen molar-refractivity contribution < 1.29 is 9.53 Å². The number of anilines is 1. The zero-order valence-corrected chi connectivity index (χ0v) is 12.6. The molecule has 6 heteroatoms. The minimum atomic E-state index is -0.209. The Morgan fingerprint density at radius 3 is 2.65 bits per heavy atom. The van der Waals surface area contributed by atoms with Gasteiger partial charge in [0.1, 0.15) is 17.9 Å². The summed E-state index contributed by atoms with van der Waals surface area (Å²) in [6.45, 7) is 2.54. The quantitative estimate of drug-likeness (QED) is 0.787. The topological polar surface area (TPSA) is 69.0 Å². The first-order chi connectivity index (χ1) is 11.3. The summed E-state index contributed by atoms with van der Waals surface area (Å²) in [5.74, 6) is 1.27. The van der Waals surface area contributed by atoms with E-state index < -0.39 is 0 Å². The second-order valence-electron chi connectivity index (χ2n) is 4.79. The molecule has 0 bridgehead atoms. The summed E-state index contributed by atoms with van der Waals surface area (Å²) in [5, 5.41) is 2.83. The largest absolute Gasteiger partial charge is 0.494 e. The molecule has 0 aliphatic rings. The summed E-state index contributed by atoms with van der Waals surface area (Å²) in [6.07, 6.45) is 6.66. The van der Waals surface area contributed by atoms with Crippen LogP contribution in [0.3, 0.4) is 0 Å². The fourth-order valence-corrected chi connectivity index (χ4v) is 2.07. The van der Waals surface area contributed by atoms with Gasteiger partial charge in [-0.3, -0.25) is 9.36 Å². The Hall–Kier alpha value is -3.15. The normalized spacial score (nSPS) is 10.3. The van der Waals surface area contributed by atoms with Gasteiger partial charge < -0.3 is 10.1 Å². The summed E-state index contributed by atoms with van der Waals surface area (Å²) < 4.78 is 7.14. The van der Waals surface area contributed by atoms with Crippen molar-refractivity contribution in [1.29, 1.82) is 0 Å². The summed E-state index contributed by atoms with van der Waals surface area (Å²) in [5.41, 5.74) is 1.19. The van der Waals surface area contributed by atoms with Crippen molar-refractivity contribution in [3.8, 4) is 11.6 Å². The van der Waals surface area contributed by atoms with Crippen LogP contribution in [0.4, 0.5) is 5.69 Å². The Morgan fingerprint density at radius 2 is 2.04 bits per heavy atom. The molecular formula is C17H16N4O2. The van der Waals surface area contributed by atoms with Crippen LogP contribution in [0.2, 0.25) is 0 Å². The van der Waals surface area contributed by atoms with Crippen LogP contribution in [-0.4, -0.2) is 27.0 Å². The maximum Gasteiger partial charge on any atom is 0.257 e. The molecule has 1 N–H and O–H groups in total. The number of amides is 1. The third kappa shape index (κ3) is 3.55. The monoisotopic (exact) mass is 308 g/mol. The number of rotatable bonds is 5. The van der Waals surface area contributed by atoms with Crippen LogP contribution >= 0.6 is 0 Å². The predicted octanol–water partition coefficient (Wildman–Crippen LogP) is 2.92. The van der Waals surface area contributed by atoms with Gasteiger partial charge in [0.2, 0.25) is 0 Å². The van der Waals surface area contributed by atoms with E-state index in [1.165, 1.54) is 0 Å². The molecule has 0 radical (unpaired) electrons. The molecule has 0 saturated heterocycles.